The molecule has 0 fully saturated rings. The lowest BCUT2D eigenvalue weighted by Crippen LogP contribution is -2.32. The van der Waals surface area contributed by atoms with Crippen molar-refractivity contribution in [2.75, 3.05) is 18.1 Å². The van der Waals surface area contributed by atoms with Gasteiger partial charge in [-0.2, -0.15) is 0 Å². The number of carboxylic acids is 1. The van der Waals surface area contributed by atoms with Crippen molar-refractivity contribution in [3.63, 3.8) is 0 Å². The first-order chi connectivity index (χ1) is 10.1. The van der Waals surface area contributed by atoms with Gasteiger partial charge in [0, 0.05) is 6.54 Å². The number of anilines is 1. The number of para-hydroxylation sites is 1. The monoisotopic (exact) mass is 283 g/mol. The van der Waals surface area contributed by atoms with Gasteiger partial charge in [0.1, 0.15) is 12.2 Å². The smallest absolute Gasteiger partial charge is 0.339 e. The zero-order valence-electron chi connectivity index (χ0n) is 11.9. The van der Waals surface area contributed by atoms with Crippen molar-refractivity contribution in [1.82, 2.24) is 0 Å². The van der Waals surface area contributed by atoms with Gasteiger partial charge in [0.25, 0.3) is 0 Å². The van der Waals surface area contributed by atoms with Gasteiger partial charge in [-0.05, 0) is 24.6 Å². The Bertz CT molecular complexity index is 664. The summed E-state index contributed by atoms with van der Waals surface area (Å²) in [4.78, 5) is 13.4. The Labute approximate surface area is 123 Å². The SMILES string of the molecule is Cc1ccc(CN2CCOc3c(C(=O)O)cccc32)cc1. The number of hydrogen-bond donors (Lipinski definition) is 1. The highest BCUT2D eigenvalue weighted by molar-refractivity contribution is 5.93. The van der Waals surface area contributed by atoms with Crippen molar-refractivity contribution >= 4 is 11.7 Å². The second kappa shape index (κ2) is 5.48. The Morgan fingerprint density at radius 2 is 2.00 bits per heavy atom. The molecule has 0 unspecified atom stereocenters. The number of hydrogen-bond acceptors (Lipinski definition) is 3. The molecule has 0 amide bonds. The summed E-state index contributed by atoms with van der Waals surface area (Å²) >= 11 is 0. The van der Waals surface area contributed by atoms with Crippen LogP contribution in [0.2, 0.25) is 0 Å². The van der Waals surface area contributed by atoms with E-state index < -0.39 is 5.97 Å². The Morgan fingerprint density at radius 1 is 1.24 bits per heavy atom. The molecule has 1 heterocycles. The molecule has 4 heteroatoms. The number of carbonyl (C=O) groups is 1. The molecule has 1 aliphatic heterocycles. The van der Waals surface area contributed by atoms with Crippen LogP contribution in [0.3, 0.4) is 0 Å². The van der Waals surface area contributed by atoms with Crippen molar-refractivity contribution in [3.05, 3.63) is 59.2 Å². The maximum absolute atomic E-state index is 11.3. The van der Waals surface area contributed by atoms with Crippen molar-refractivity contribution in [2.24, 2.45) is 0 Å². The quantitative estimate of drug-likeness (QED) is 0.940. The lowest BCUT2D eigenvalue weighted by molar-refractivity contribution is 0.0692. The van der Waals surface area contributed by atoms with Crippen molar-refractivity contribution in [1.29, 1.82) is 0 Å². The van der Waals surface area contributed by atoms with Crippen LogP contribution >= 0.6 is 0 Å². The third-order valence-corrected chi connectivity index (χ3v) is 3.67. The maximum Gasteiger partial charge on any atom is 0.339 e. The predicted molar refractivity (Wildman–Crippen MR) is 81.1 cm³/mol. The van der Waals surface area contributed by atoms with Crippen LogP contribution in [0.15, 0.2) is 42.5 Å². The molecule has 3 rings (SSSR count). The number of rotatable bonds is 3. The number of benzene rings is 2. The molecule has 4 nitrogen and oxygen atoms in total. The number of ether oxygens (including phenoxy) is 1. The van der Waals surface area contributed by atoms with E-state index in [1.165, 1.54) is 11.1 Å². The van der Waals surface area contributed by atoms with Gasteiger partial charge < -0.3 is 14.7 Å². The van der Waals surface area contributed by atoms with Crippen molar-refractivity contribution in [2.45, 2.75) is 13.5 Å². The highest BCUT2D eigenvalue weighted by atomic mass is 16.5. The van der Waals surface area contributed by atoms with E-state index in [-0.39, 0.29) is 5.56 Å². The fraction of sp³-hybridized carbons (Fsp3) is 0.235. The van der Waals surface area contributed by atoms with Crippen LogP contribution in [0, 0.1) is 6.92 Å². The van der Waals surface area contributed by atoms with Crippen LogP contribution in [0.5, 0.6) is 5.75 Å². The summed E-state index contributed by atoms with van der Waals surface area (Å²) in [6.45, 7) is 4.07. The van der Waals surface area contributed by atoms with Crippen molar-refractivity contribution in [3.8, 4) is 5.75 Å². The first-order valence-corrected chi connectivity index (χ1v) is 6.95. The lowest BCUT2D eigenvalue weighted by atomic mass is 10.1. The van der Waals surface area contributed by atoms with Crippen LogP contribution < -0.4 is 9.64 Å². The van der Waals surface area contributed by atoms with Gasteiger partial charge in [-0.25, -0.2) is 4.79 Å². The third-order valence-electron chi connectivity index (χ3n) is 3.67. The molecule has 0 radical (unpaired) electrons. The number of aromatic carboxylic acids is 1. The fourth-order valence-electron chi connectivity index (χ4n) is 2.55. The highest BCUT2D eigenvalue weighted by Gasteiger charge is 2.23. The molecule has 0 aromatic heterocycles. The molecule has 0 bridgehead atoms. The Kier molecular flexibility index (Phi) is 3.52. The molecule has 0 saturated heterocycles. The molecule has 21 heavy (non-hydrogen) atoms. The van der Waals surface area contributed by atoms with E-state index in [9.17, 15) is 9.90 Å². The number of nitrogens with zero attached hydrogens (tertiary/aromatic N) is 1. The fourth-order valence-corrected chi connectivity index (χ4v) is 2.55. The standard InChI is InChI=1S/C17H17NO3/c1-12-5-7-13(8-6-12)11-18-9-10-21-16-14(17(19)20)3-2-4-15(16)18/h2-8H,9-11H2,1H3,(H,19,20). The average molecular weight is 283 g/mol. The first kappa shape index (κ1) is 13.5. The molecule has 0 spiro atoms. The summed E-state index contributed by atoms with van der Waals surface area (Å²) < 4.78 is 5.58. The molecule has 2 aromatic carbocycles. The molecule has 1 N–H and O–H groups in total. The van der Waals surface area contributed by atoms with Crippen LogP contribution in [0.25, 0.3) is 0 Å². The van der Waals surface area contributed by atoms with Gasteiger partial charge in [0.2, 0.25) is 0 Å². The lowest BCUT2D eigenvalue weighted by Gasteiger charge is -2.32. The second-order valence-corrected chi connectivity index (χ2v) is 5.21. The minimum Gasteiger partial charge on any atom is -0.489 e. The van der Waals surface area contributed by atoms with Gasteiger partial charge in [-0.3, -0.25) is 0 Å². The summed E-state index contributed by atoms with van der Waals surface area (Å²) in [6.07, 6.45) is 0. The molecule has 0 saturated carbocycles. The molecule has 108 valence electrons. The Morgan fingerprint density at radius 3 is 2.71 bits per heavy atom. The van der Waals surface area contributed by atoms with Gasteiger partial charge in [0.15, 0.2) is 5.75 Å². The molecular weight excluding hydrogens is 266 g/mol. The molecule has 0 aliphatic carbocycles. The van der Waals surface area contributed by atoms with E-state index in [1.807, 2.05) is 6.07 Å². The van der Waals surface area contributed by atoms with E-state index in [1.54, 1.807) is 12.1 Å². The molecule has 2 aromatic rings. The Balaban J connectivity index is 1.92. The molecule has 0 atom stereocenters. The normalized spacial score (nSPS) is 13.5. The average Bonchev–Trinajstić information content (AvgIpc) is 2.49. The predicted octanol–water partition coefficient (Wildman–Crippen LogP) is 3.09. The number of fused-ring (bicyclic) bond motifs is 1. The maximum atomic E-state index is 11.3. The minimum atomic E-state index is -0.955. The zero-order valence-corrected chi connectivity index (χ0v) is 11.9. The van der Waals surface area contributed by atoms with Gasteiger partial charge >= 0.3 is 5.97 Å². The van der Waals surface area contributed by atoms with E-state index in [2.05, 4.69) is 36.1 Å². The molecular formula is C17H17NO3. The second-order valence-electron chi connectivity index (χ2n) is 5.21. The van der Waals surface area contributed by atoms with Crippen LogP contribution in [-0.4, -0.2) is 24.2 Å². The number of aryl methyl sites for hydroxylation is 1. The third kappa shape index (κ3) is 2.70. The summed E-state index contributed by atoms with van der Waals surface area (Å²) in [5, 5.41) is 9.25. The van der Waals surface area contributed by atoms with E-state index >= 15 is 0 Å². The summed E-state index contributed by atoms with van der Waals surface area (Å²) in [7, 11) is 0. The van der Waals surface area contributed by atoms with Gasteiger partial charge in [-0.15, -0.1) is 0 Å². The zero-order chi connectivity index (χ0) is 14.8. The topological polar surface area (TPSA) is 49.8 Å². The highest BCUT2D eigenvalue weighted by Crippen LogP contribution is 2.35. The molecule has 1 aliphatic rings. The van der Waals surface area contributed by atoms with Crippen molar-refractivity contribution < 1.29 is 14.6 Å². The number of carboxylic acid groups (broad SMARTS) is 1. The van der Waals surface area contributed by atoms with Crippen LogP contribution in [-0.2, 0) is 6.54 Å². The Hall–Kier alpha value is -2.49. The largest absolute Gasteiger partial charge is 0.489 e. The van der Waals surface area contributed by atoms with E-state index in [0.717, 1.165) is 18.8 Å². The summed E-state index contributed by atoms with van der Waals surface area (Å²) in [5.41, 5.74) is 3.51. The summed E-state index contributed by atoms with van der Waals surface area (Å²) in [5.74, 6) is -0.479. The van der Waals surface area contributed by atoms with Crippen LogP contribution in [0.4, 0.5) is 5.69 Å². The van der Waals surface area contributed by atoms with E-state index in [4.69, 9.17) is 4.74 Å². The summed E-state index contributed by atoms with van der Waals surface area (Å²) in [6, 6.07) is 13.6. The van der Waals surface area contributed by atoms with Crippen LogP contribution in [0.1, 0.15) is 21.5 Å². The van der Waals surface area contributed by atoms with Gasteiger partial charge in [-0.1, -0.05) is 35.9 Å². The minimum absolute atomic E-state index is 0.223. The van der Waals surface area contributed by atoms with E-state index in [0.29, 0.717) is 12.4 Å². The van der Waals surface area contributed by atoms with Gasteiger partial charge in [0.05, 0.1) is 12.2 Å². The first-order valence-electron chi connectivity index (χ1n) is 6.95.